The molecule has 2 aromatic rings. The van der Waals surface area contributed by atoms with Gasteiger partial charge in [-0.1, -0.05) is 11.6 Å². The van der Waals surface area contributed by atoms with Crippen LogP contribution >= 0.6 is 46.0 Å². The highest BCUT2D eigenvalue weighted by Gasteiger charge is 2.06. The first kappa shape index (κ1) is 13.9. The molecule has 0 spiro atoms. The molecule has 0 aliphatic heterocycles. The summed E-state index contributed by atoms with van der Waals surface area (Å²) in [7, 11) is 0. The highest BCUT2D eigenvalue weighted by atomic mass is 127. The molecule has 0 saturated heterocycles. The van der Waals surface area contributed by atoms with E-state index in [0.29, 0.717) is 11.6 Å². The van der Waals surface area contributed by atoms with Gasteiger partial charge in [0.05, 0.1) is 15.0 Å². The van der Waals surface area contributed by atoms with E-state index in [-0.39, 0.29) is 0 Å². The molecule has 0 atom stereocenters. The number of nitrogen functional groups attached to an aromatic ring is 1. The maximum Gasteiger partial charge on any atom is 0.141 e. The Morgan fingerprint density at radius 1 is 1.28 bits per heavy atom. The van der Waals surface area contributed by atoms with Crippen LogP contribution in [0, 0.1) is 10.5 Å². The van der Waals surface area contributed by atoms with Gasteiger partial charge in [-0.15, -0.1) is 11.8 Å². The number of aromatic nitrogens is 2. The zero-order valence-electron chi connectivity index (χ0n) is 9.65. The van der Waals surface area contributed by atoms with Crippen LogP contribution in [0.25, 0.3) is 0 Å². The summed E-state index contributed by atoms with van der Waals surface area (Å²) in [4.78, 5) is 9.84. The molecule has 18 heavy (non-hydrogen) atoms. The second kappa shape index (κ2) is 6.08. The van der Waals surface area contributed by atoms with Crippen LogP contribution in [-0.4, -0.2) is 9.97 Å². The van der Waals surface area contributed by atoms with Gasteiger partial charge in [-0.2, -0.15) is 0 Å². The molecule has 2 N–H and O–H groups in total. The lowest BCUT2D eigenvalue weighted by molar-refractivity contribution is 0.991. The number of benzene rings is 1. The second-order valence-electron chi connectivity index (χ2n) is 3.67. The average molecular weight is 392 g/mol. The van der Waals surface area contributed by atoms with Gasteiger partial charge in [0.2, 0.25) is 0 Å². The lowest BCUT2D eigenvalue weighted by Crippen LogP contribution is -2.04. The first-order valence-corrected chi connectivity index (χ1v) is 7.67. The van der Waals surface area contributed by atoms with E-state index < -0.39 is 0 Å². The zero-order chi connectivity index (χ0) is 13.1. The van der Waals surface area contributed by atoms with Gasteiger partial charge in [0, 0.05) is 9.92 Å². The molecule has 1 heterocycles. The quantitative estimate of drug-likeness (QED) is 0.636. The van der Waals surface area contributed by atoms with Crippen LogP contribution in [0.5, 0.6) is 0 Å². The van der Waals surface area contributed by atoms with Gasteiger partial charge in [0.1, 0.15) is 11.6 Å². The standard InChI is InChI=1S/C12H11ClIN3S/c1-7-11(14)12(15)17-10(16-7)6-18-9-4-2-8(13)3-5-9/h2-5H,6H2,1H3,(H2,15,16,17). The predicted octanol–water partition coefficient (Wildman–Crippen LogP) is 3.92. The lowest BCUT2D eigenvalue weighted by Gasteiger charge is -2.05. The van der Waals surface area contributed by atoms with Crippen LogP contribution in [0.1, 0.15) is 11.5 Å². The van der Waals surface area contributed by atoms with Crippen molar-refractivity contribution in [1.82, 2.24) is 9.97 Å². The first-order chi connectivity index (χ1) is 8.56. The van der Waals surface area contributed by atoms with Gasteiger partial charge in [-0.25, -0.2) is 9.97 Å². The van der Waals surface area contributed by atoms with Crippen LogP contribution in [0.3, 0.4) is 0 Å². The van der Waals surface area contributed by atoms with Gasteiger partial charge in [-0.05, 0) is 53.8 Å². The van der Waals surface area contributed by atoms with E-state index in [1.54, 1.807) is 11.8 Å². The van der Waals surface area contributed by atoms with E-state index in [0.717, 1.165) is 25.0 Å². The molecule has 1 aromatic carbocycles. The Kier molecular flexibility index (Phi) is 4.69. The summed E-state index contributed by atoms with van der Waals surface area (Å²) in [5, 5.41) is 0.741. The molecule has 2 rings (SSSR count). The van der Waals surface area contributed by atoms with Crippen molar-refractivity contribution in [3.63, 3.8) is 0 Å². The Bertz CT molecular complexity index is 537. The Labute approximate surface area is 129 Å². The van der Waals surface area contributed by atoms with Gasteiger partial charge in [0.25, 0.3) is 0 Å². The van der Waals surface area contributed by atoms with E-state index in [1.165, 1.54) is 0 Å². The highest BCUT2D eigenvalue weighted by Crippen LogP contribution is 2.24. The van der Waals surface area contributed by atoms with Gasteiger partial charge in [0.15, 0.2) is 0 Å². The van der Waals surface area contributed by atoms with Crippen LogP contribution in [-0.2, 0) is 5.75 Å². The molecular formula is C12H11ClIN3S. The fourth-order valence-corrected chi connectivity index (χ4v) is 2.50. The lowest BCUT2D eigenvalue weighted by atomic mass is 10.4. The molecule has 6 heteroatoms. The number of hydrogen-bond donors (Lipinski definition) is 1. The third-order valence-electron chi connectivity index (χ3n) is 2.27. The largest absolute Gasteiger partial charge is 0.383 e. The summed E-state index contributed by atoms with van der Waals surface area (Å²) in [6.07, 6.45) is 0. The molecule has 94 valence electrons. The smallest absolute Gasteiger partial charge is 0.141 e. The summed E-state index contributed by atoms with van der Waals surface area (Å²) in [5.41, 5.74) is 6.75. The predicted molar refractivity (Wildman–Crippen MR) is 84.9 cm³/mol. The molecule has 0 radical (unpaired) electrons. The number of halogens is 2. The minimum atomic E-state index is 0.551. The summed E-state index contributed by atoms with van der Waals surface area (Å²) in [6, 6.07) is 7.71. The van der Waals surface area contributed by atoms with Crippen molar-refractivity contribution in [2.75, 3.05) is 5.73 Å². The molecule has 0 unspecified atom stereocenters. The Hall–Kier alpha value is -0.530. The van der Waals surface area contributed by atoms with Crippen LogP contribution in [0.4, 0.5) is 5.82 Å². The molecule has 0 saturated carbocycles. The zero-order valence-corrected chi connectivity index (χ0v) is 13.4. The number of nitrogens with zero attached hydrogens (tertiary/aromatic N) is 2. The number of hydrogen-bond acceptors (Lipinski definition) is 4. The van der Waals surface area contributed by atoms with Crippen molar-refractivity contribution in [3.8, 4) is 0 Å². The van der Waals surface area contributed by atoms with Crippen molar-refractivity contribution in [1.29, 1.82) is 0 Å². The van der Waals surface area contributed by atoms with Crippen molar-refractivity contribution in [2.24, 2.45) is 0 Å². The fraction of sp³-hybridized carbons (Fsp3) is 0.167. The number of nitrogens with two attached hydrogens (primary N) is 1. The molecular weight excluding hydrogens is 381 g/mol. The third-order valence-corrected chi connectivity index (χ3v) is 4.86. The Morgan fingerprint density at radius 2 is 1.94 bits per heavy atom. The topological polar surface area (TPSA) is 51.8 Å². The van der Waals surface area contributed by atoms with Crippen molar-refractivity contribution >= 4 is 51.8 Å². The normalized spacial score (nSPS) is 10.6. The second-order valence-corrected chi connectivity index (χ2v) is 6.23. The summed E-state index contributed by atoms with van der Waals surface area (Å²) >= 11 is 9.66. The SMILES string of the molecule is Cc1nc(CSc2ccc(Cl)cc2)nc(N)c1I. The van der Waals surface area contributed by atoms with Crippen molar-refractivity contribution in [2.45, 2.75) is 17.6 Å². The number of rotatable bonds is 3. The minimum absolute atomic E-state index is 0.551. The monoisotopic (exact) mass is 391 g/mol. The fourth-order valence-electron chi connectivity index (χ4n) is 1.38. The maximum absolute atomic E-state index is 5.84. The molecule has 1 aromatic heterocycles. The van der Waals surface area contributed by atoms with Crippen molar-refractivity contribution < 1.29 is 0 Å². The van der Waals surface area contributed by atoms with Crippen LogP contribution < -0.4 is 5.73 Å². The minimum Gasteiger partial charge on any atom is -0.383 e. The summed E-state index contributed by atoms with van der Waals surface area (Å²) < 4.78 is 0.924. The summed E-state index contributed by atoms with van der Waals surface area (Å²) in [6.45, 7) is 1.94. The van der Waals surface area contributed by atoms with Crippen LogP contribution in [0.2, 0.25) is 5.02 Å². The van der Waals surface area contributed by atoms with Gasteiger partial charge >= 0.3 is 0 Å². The van der Waals surface area contributed by atoms with E-state index >= 15 is 0 Å². The van der Waals surface area contributed by atoms with E-state index in [9.17, 15) is 0 Å². The Balaban J connectivity index is 2.08. The average Bonchev–Trinajstić information content (AvgIpc) is 2.35. The summed E-state index contributed by atoms with van der Waals surface area (Å²) in [5.74, 6) is 2.00. The first-order valence-electron chi connectivity index (χ1n) is 5.23. The molecule has 0 fully saturated rings. The molecule has 0 aliphatic rings. The van der Waals surface area contributed by atoms with Crippen molar-refractivity contribution in [3.05, 3.63) is 44.4 Å². The maximum atomic E-state index is 5.84. The molecule has 0 amide bonds. The van der Waals surface area contributed by atoms with Crippen LogP contribution in [0.15, 0.2) is 29.2 Å². The van der Waals surface area contributed by atoms with E-state index in [1.807, 2.05) is 31.2 Å². The third kappa shape index (κ3) is 3.49. The van der Waals surface area contributed by atoms with E-state index in [2.05, 4.69) is 32.6 Å². The molecule has 0 aliphatic carbocycles. The molecule has 3 nitrogen and oxygen atoms in total. The van der Waals surface area contributed by atoms with Gasteiger partial charge in [-0.3, -0.25) is 0 Å². The molecule has 0 bridgehead atoms. The highest BCUT2D eigenvalue weighted by molar-refractivity contribution is 14.1. The van der Waals surface area contributed by atoms with Gasteiger partial charge < -0.3 is 5.73 Å². The number of anilines is 1. The van der Waals surface area contributed by atoms with E-state index in [4.69, 9.17) is 17.3 Å². The number of aryl methyl sites for hydroxylation is 1. The Morgan fingerprint density at radius 3 is 2.56 bits per heavy atom. The number of thioether (sulfide) groups is 1.